The van der Waals surface area contributed by atoms with Gasteiger partial charge in [0.1, 0.15) is 6.10 Å². The van der Waals surface area contributed by atoms with Crippen LogP contribution in [0, 0.1) is 5.92 Å². The number of nitrogens with zero attached hydrogens (tertiary/aromatic N) is 3. The van der Waals surface area contributed by atoms with E-state index in [1.807, 2.05) is 0 Å². The summed E-state index contributed by atoms with van der Waals surface area (Å²) in [7, 11) is 0. The van der Waals surface area contributed by atoms with Crippen LogP contribution in [0.1, 0.15) is 39.0 Å². The molecular weight excluding hydrogens is 385 g/mol. The summed E-state index contributed by atoms with van der Waals surface area (Å²) in [6, 6.07) is 0. The second-order valence-corrected chi connectivity index (χ2v) is 8.27. The van der Waals surface area contributed by atoms with Crippen LogP contribution in [0.2, 0.25) is 0 Å². The van der Waals surface area contributed by atoms with Gasteiger partial charge >= 0.3 is 6.18 Å². The Balaban J connectivity index is 1.44. The first-order chi connectivity index (χ1) is 13.9. The first-order valence-corrected chi connectivity index (χ1v) is 11.0. The lowest BCUT2D eigenvalue weighted by atomic mass is 9.93. The van der Waals surface area contributed by atoms with Crippen molar-refractivity contribution in [3.8, 4) is 0 Å². The second kappa shape index (κ2) is 10.8. The molecule has 0 saturated carbocycles. The van der Waals surface area contributed by atoms with E-state index in [0.717, 1.165) is 64.3 Å². The molecule has 168 valence electrons. The molecule has 0 spiro atoms. The molecule has 0 amide bonds. The number of halogens is 3. The van der Waals surface area contributed by atoms with E-state index in [-0.39, 0.29) is 12.2 Å². The zero-order chi connectivity index (χ0) is 20.7. The zero-order valence-corrected chi connectivity index (χ0v) is 17.4. The minimum Gasteiger partial charge on any atom is -0.375 e. The quantitative estimate of drug-likeness (QED) is 0.529. The van der Waals surface area contributed by atoms with E-state index in [1.54, 1.807) is 0 Å². The van der Waals surface area contributed by atoms with Crippen molar-refractivity contribution < 1.29 is 22.6 Å². The largest absolute Gasteiger partial charge is 0.401 e. The lowest BCUT2D eigenvalue weighted by molar-refractivity contribution is -0.148. The average molecular weight is 421 g/mol. The standard InChI is InChI=1S/C20H35F3N4O2/c1-2-24-19(27-11-13-29-18(14-27)17-4-3-12-28-17)25-8-5-16-6-9-26(10-7-16)15-20(21,22)23/h16-18H,2-15H2,1H3,(H,24,25). The van der Waals surface area contributed by atoms with E-state index in [0.29, 0.717) is 32.2 Å². The van der Waals surface area contributed by atoms with E-state index in [9.17, 15) is 13.2 Å². The van der Waals surface area contributed by atoms with Crippen molar-refractivity contribution in [2.75, 3.05) is 59.0 Å². The molecule has 3 fully saturated rings. The van der Waals surface area contributed by atoms with Gasteiger partial charge in [-0.05, 0) is 58.0 Å². The molecule has 2 unspecified atom stereocenters. The van der Waals surface area contributed by atoms with Crippen LogP contribution in [0.15, 0.2) is 4.99 Å². The molecule has 3 heterocycles. The van der Waals surface area contributed by atoms with E-state index in [1.165, 1.54) is 4.90 Å². The van der Waals surface area contributed by atoms with Crippen LogP contribution in [0.4, 0.5) is 13.2 Å². The predicted octanol–water partition coefficient (Wildman–Crippen LogP) is 2.50. The van der Waals surface area contributed by atoms with Gasteiger partial charge in [0.05, 0.1) is 19.3 Å². The fourth-order valence-electron chi connectivity index (χ4n) is 4.45. The Labute approximate surface area is 171 Å². The summed E-state index contributed by atoms with van der Waals surface area (Å²) in [6.07, 6.45) is 0.892. The Morgan fingerprint density at radius 3 is 2.48 bits per heavy atom. The van der Waals surface area contributed by atoms with Crippen LogP contribution < -0.4 is 5.32 Å². The van der Waals surface area contributed by atoms with Crippen LogP contribution in [0.3, 0.4) is 0 Å². The van der Waals surface area contributed by atoms with E-state index in [2.05, 4.69) is 17.1 Å². The number of morpholine rings is 1. The van der Waals surface area contributed by atoms with Crippen LogP contribution in [-0.2, 0) is 9.47 Å². The average Bonchev–Trinajstić information content (AvgIpc) is 3.22. The summed E-state index contributed by atoms with van der Waals surface area (Å²) in [5, 5.41) is 3.38. The summed E-state index contributed by atoms with van der Waals surface area (Å²) < 4.78 is 49.3. The Morgan fingerprint density at radius 1 is 1.07 bits per heavy atom. The van der Waals surface area contributed by atoms with Gasteiger partial charge in [0.2, 0.25) is 0 Å². The van der Waals surface area contributed by atoms with Crippen molar-refractivity contribution in [3.63, 3.8) is 0 Å². The van der Waals surface area contributed by atoms with Crippen molar-refractivity contribution in [2.45, 2.75) is 57.4 Å². The van der Waals surface area contributed by atoms with E-state index in [4.69, 9.17) is 14.5 Å². The van der Waals surface area contributed by atoms with Gasteiger partial charge in [0.25, 0.3) is 0 Å². The number of aliphatic imine (C=N–C) groups is 1. The van der Waals surface area contributed by atoms with Crippen LogP contribution in [0.25, 0.3) is 0 Å². The fourth-order valence-corrected chi connectivity index (χ4v) is 4.45. The molecule has 0 aromatic heterocycles. The summed E-state index contributed by atoms with van der Waals surface area (Å²) in [5.41, 5.74) is 0. The highest BCUT2D eigenvalue weighted by atomic mass is 19.4. The number of hydrogen-bond donors (Lipinski definition) is 1. The molecule has 3 rings (SSSR count). The Bertz CT molecular complexity index is 518. The molecule has 2 atom stereocenters. The number of likely N-dealkylation sites (tertiary alicyclic amines) is 1. The smallest absolute Gasteiger partial charge is 0.375 e. The summed E-state index contributed by atoms with van der Waals surface area (Å²) >= 11 is 0. The summed E-state index contributed by atoms with van der Waals surface area (Å²) in [6.45, 7) is 6.92. The van der Waals surface area contributed by atoms with E-state index >= 15 is 0 Å². The van der Waals surface area contributed by atoms with Gasteiger partial charge in [0.15, 0.2) is 5.96 Å². The van der Waals surface area contributed by atoms with Crippen LogP contribution >= 0.6 is 0 Å². The number of piperidine rings is 1. The van der Waals surface area contributed by atoms with Gasteiger partial charge in [-0.15, -0.1) is 0 Å². The lowest BCUT2D eigenvalue weighted by Crippen LogP contribution is -2.53. The molecule has 0 bridgehead atoms. The third-order valence-corrected chi connectivity index (χ3v) is 6.02. The van der Waals surface area contributed by atoms with Crippen molar-refractivity contribution in [2.24, 2.45) is 10.9 Å². The first kappa shape index (κ1) is 22.6. The van der Waals surface area contributed by atoms with Crippen molar-refractivity contribution in [3.05, 3.63) is 0 Å². The number of guanidine groups is 1. The fraction of sp³-hybridized carbons (Fsp3) is 0.950. The molecule has 1 N–H and O–H groups in total. The van der Waals surface area contributed by atoms with Gasteiger partial charge < -0.3 is 19.7 Å². The van der Waals surface area contributed by atoms with Crippen molar-refractivity contribution in [1.29, 1.82) is 0 Å². The molecule has 3 saturated heterocycles. The van der Waals surface area contributed by atoms with Gasteiger partial charge in [-0.3, -0.25) is 9.89 Å². The van der Waals surface area contributed by atoms with Crippen LogP contribution in [-0.4, -0.2) is 93.2 Å². The molecule has 9 heteroatoms. The van der Waals surface area contributed by atoms with E-state index < -0.39 is 12.7 Å². The molecular formula is C20H35F3N4O2. The molecule has 29 heavy (non-hydrogen) atoms. The topological polar surface area (TPSA) is 49.3 Å². The lowest BCUT2D eigenvalue weighted by Gasteiger charge is -2.37. The molecule has 6 nitrogen and oxygen atoms in total. The Morgan fingerprint density at radius 2 is 1.83 bits per heavy atom. The highest BCUT2D eigenvalue weighted by Crippen LogP contribution is 2.24. The number of nitrogens with one attached hydrogen (secondary N) is 1. The molecule has 0 aromatic rings. The molecule has 3 aliphatic rings. The van der Waals surface area contributed by atoms with Gasteiger partial charge in [-0.1, -0.05) is 0 Å². The third kappa shape index (κ3) is 7.29. The highest BCUT2D eigenvalue weighted by Gasteiger charge is 2.33. The molecule has 0 radical (unpaired) electrons. The molecule has 3 aliphatic heterocycles. The van der Waals surface area contributed by atoms with Crippen LogP contribution in [0.5, 0.6) is 0 Å². The van der Waals surface area contributed by atoms with Crippen molar-refractivity contribution in [1.82, 2.24) is 15.1 Å². The first-order valence-electron chi connectivity index (χ1n) is 11.0. The van der Waals surface area contributed by atoms with Gasteiger partial charge in [0, 0.05) is 32.8 Å². The molecule has 0 aromatic carbocycles. The van der Waals surface area contributed by atoms with Gasteiger partial charge in [-0.25, -0.2) is 0 Å². The predicted molar refractivity (Wildman–Crippen MR) is 106 cm³/mol. The highest BCUT2D eigenvalue weighted by molar-refractivity contribution is 5.80. The van der Waals surface area contributed by atoms with Gasteiger partial charge in [-0.2, -0.15) is 13.2 Å². The Hall–Kier alpha value is -1.06. The number of ether oxygens (including phenoxy) is 2. The SMILES string of the molecule is CCNC(=NCCC1CCN(CC(F)(F)F)CC1)N1CCOC(C2CCCO2)C1. The summed E-state index contributed by atoms with van der Waals surface area (Å²) in [5.74, 6) is 1.36. The maximum absolute atomic E-state index is 12.5. The second-order valence-electron chi connectivity index (χ2n) is 8.27. The normalized spacial score (nSPS) is 28.1. The summed E-state index contributed by atoms with van der Waals surface area (Å²) in [4.78, 5) is 8.58. The maximum atomic E-state index is 12.5. The molecule has 0 aliphatic carbocycles. The monoisotopic (exact) mass is 420 g/mol. The maximum Gasteiger partial charge on any atom is 0.401 e. The Kier molecular flexibility index (Phi) is 8.44. The van der Waals surface area contributed by atoms with Crippen molar-refractivity contribution >= 4 is 5.96 Å². The minimum atomic E-state index is -4.10. The number of alkyl halides is 3. The number of rotatable bonds is 6. The number of hydrogen-bond acceptors (Lipinski definition) is 4. The zero-order valence-electron chi connectivity index (χ0n) is 17.4. The third-order valence-electron chi connectivity index (χ3n) is 6.02. The minimum absolute atomic E-state index is 0.0908.